The maximum absolute atomic E-state index is 12.9. The maximum Gasteiger partial charge on any atom is 0.272 e. The molecular formula is C16H23N3O3. The van der Waals surface area contributed by atoms with Gasteiger partial charge in [0.1, 0.15) is 11.3 Å². The second-order valence-corrected chi connectivity index (χ2v) is 6.66. The summed E-state index contributed by atoms with van der Waals surface area (Å²) in [5, 5.41) is 4.37. The Hall–Kier alpha value is -1.40. The molecule has 6 nitrogen and oxygen atoms in total. The van der Waals surface area contributed by atoms with Gasteiger partial charge < -0.3 is 14.4 Å². The fourth-order valence-electron chi connectivity index (χ4n) is 3.65. The van der Waals surface area contributed by atoms with Crippen LogP contribution in [-0.4, -0.2) is 59.1 Å². The molecule has 0 aromatic carbocycles. The highest BCUT2D eigenvalue weighted by atomic mass is 16.5. The predicted octanol–water partition coefficient (Wildman–Crippen LogP) is 1.63. The van der Waals surface area contributed by atoms with E-state index in [0.717, 1.165) is 38.0 Å². The molecule has 3 heterocycles. The van der Waals surface area contributed by atoms with Crippen molar-refractivity contribution in [3.05, 3.63) is 18.0 Å². The van der Waals surface area contributed by atoms with Crippen molar-refractivity contribution in [1.29, 1.82) is 0 Å². The van der Waals surface area contributed by atoms with Crippen molar-refractivity contribution in [2.24, 2.45) is 0 Å². The topological polar surface area (TPSA) is 56.6 Å². The van der Waals surface area contributed by atoms with Crippen molar-refractivity contribution in [3.63, 3.8) is 0 Å². The third-order valence-electron chi connectivity index (χ3n) is 5.13. The molecule has 1 atom stereocenters. The molecule has 3 fully saturated rings. The van der Waals surface area contributed by atoms with Gasteiger partial charge in [-0.05, 0) is 38.2 Å². The number of amides is 1. The Morgan fingerprint density at radius 1 is 1.32 bits per heavy atom. The van der Waals surface area contributed by atoms with E-state index in [9.17, 15) is 4.79 Å². The van der Waals surface area contributed by atoms with Crippen LogP contribution in [-0.2, 0) is 9.47 Å². The molecule has 0 bridgehead atoms. The van der Waals surface area contributed by atoms with Crippen LogP contribution in [0.1, 0.15) is 48.6 Å². The summed E-state index contributed by atoms with van der Waals surface area (Å²) in [7, 11) is 0. The fourth-order valence-corrected chi connectivity index (χ4v) is 3.65. The molecule has 2 saturated heterocycles. The van der Waals surface area contributed by atoms with Gasteiger partial charge in [0, 0.05) is 19.3 Å². The lowest BCUT2D eigenvalue weighted by atomic mass is 9.93. The molecule has 1 aromatic rings. The van der Waals surface area contributed by atoms with Crippen molar-refractivity contribution >= 4 is 5.91 Å². The van der Waals surface area contributed by atoms with Crippen LogP contribution in [0, 0.1) is 0 Å². The number of carbonyl (C=O) groups is 1. The first-order valence-electron chi connectivity index (χ1n) is 8.32. The molecule has 2 aliphatic heterocycles. The minimum Gasteiger partial charge on any atom is -0.378 e. The van der Waals surface area contributed by atoms with Gasteiger partial charge in [-0.3, -0.25) is 9.48 Å². The molecule has 0 radical (unpaired) electrons. The molecule has 1 aromatic heterocycles. The number of rotatable bonds is 2. The lowest BCUT2D eigenvalue weighted by Crippen LogP contribution is -2.57. The van der Waals surface area contributed by atoms with Gasteiger partial charge in [-0.15, -0.1) is 0 Å². The Labute approximate surface area is 130 Å². The summed E-state index contributed by atoms with van der Waals surface area (Å²) in [4.78, 5) is 14.8. The SMILES string of the molecule is O=C(c1ccnn1C1CCC1)N1CCOC2(CCCOC2)C1. The summed E-state index contributed by atoms with van der Waals surface area (Å²) in [6.07, 6.45) is 7.20. The highest BCUT2D eigenvalue weighted by Crippen LogP contribution is 2.33. The van der Waals surface area contributed by atoms with Crippen LogP contribution >= 0.6 is 0 Å². The van der Waals surface area contributed by atoms with Crippen molar-refractivity contribution in [2.45, 2.75) is 43.7 Å². The molecule has 4 rings (SSSR count). The van der Waals surface area contributed by atoms with E-state index in [1.165, 1.54) is 6.42 Å². The molecule has 22 heavy (non-hydrogen) atoms. The van der Waals surface area contributed by atoms with Crippen molar-refractivity contribution in [2.75, 3.05) is 32.9 Å². The summed E-state index contributed by atoms with van der Waals surface area (Å²) in [5.74, 6) is 0.0812. The average molecular weight is 305 g/mol. The van der Waals surface area contributed by atoms with Gasteiger partial charge in [0.15, 0.2) is 0 Å². The Balaban J connectivity index is 1.51. The van der Waals surface area contributed by atoms with E-state index in [-0.39, 0.29) is 11.5 Å². The van der Waals surface area contributed by atoms with E-state index in [0.29, 0.717) is 32.3 Å². The first-order chi connectivity index (χ1) is 10.8. The quantitative estimate of drug-likeness (QED) is 0.833. The smallest absolute Gasteiger partial charge is 0.272 e. The minimum absolute atomic E-state index is 0.0812. The van der Waals surface area contributed by atoms with E-state index in [2.05, 4.69) is 5.10 Å². The molecule has 1 saturated carbocycles. The molecule has 1 aliphatic carbocycles. The van der Waals surface area contributed by atoms with E-state index < -0.39 is 0 Å². The standard InChI is InChI=1S/C16H23N3O3/c20-15(14-5-7-17-19(14)13-3-1-4-13)18-8-10-22-16(11-18)6-2-9-21-12-16/h5,7,13H,1-4,6,8-12H2. The first-order valence-corrected chi connectivity index (χ1v) is 8.32. The fraction of sp³-hybridized carbons (Fsp3) is 0.750. The van der Waals surface area contributed by atoms with E-state index in [1.807, 2.05) is 15.6 Å². The van der Waals surface area contributed by atoms with Gasteiger partial charge in [-0.1, -0.05) is 0 Å². The lowest BCUT2D eigenvalue weighted by Gasteiger charge is -2.44. The minimum atomic E-state index is -0.298. The largest absolute Gasteiger partial charge is 0.378 e. The zero-order valence-electron chi connectivity index (χ0n) is 12.9. The van der Waals surface area contributed by atoms with Crippen LogP contribution in [0.25, 0.3) is 0 Å². The van der Waals surface area contributed by atoms with E-state index in [4.69, 9.17) is 9.47 Å². The van der Waals surface area contributed by atoms with Crippen molar-refractivity contribution in [1.82, 2.24) is 14.7 Å². The van der Waals surface area contributed by atoms with E-state index in [1.54, 1.807) is 6.20 Å². The normalized spacial score (nSPS) is 29.5. The van der Waals surface area contributed by atoms with Crippen LogP contribution in [0.2, 0.25) is 0 Å². The van der Waals surface area contributed by atoms with Crippen LogP contribution in [0.4, 0.5) is 0 Å². The zero-order chi connectivity index (χ0) is 15.0. The summed E-state index contributed by atoms with van der Waals surface area (Å²) in [6.45, 7) is 3.26. The molecule has 6 heteroatoms. The summed E-state index contributed by atoms with van der Waals surface area (Å²) >= 11 is 0. The van der Waals surface area contributed by atoms with Crippen LogP contribution in [0.3, 0.4) is 0 Å². The highest BCUT2D eigenvalue weighted by molar-refractivity contribution is 5.92. The number of aromatic nitrogens is 2. The molecule has 1 unspecified atom stereocenters. The Bertz CT molecular complexity index is 541. The predicted molar refractivity (Wildman–Crippen MR) is 79.8 cm³/mol. The number of carbonyl (C=O) groups excluding carboxylic acids is 1. The second kappa shape index (κ2) is 5.66. The van der Waals surface area contributed by atoms with E-state index >= 15 is 0 Å². The van der Waals surface area contributed by atoms with Crippen LogP contribution in [0.5, 0.6) is 0 Å². The summed E-state index contributed by atoms with van der Waals surface area (Å²) in [6, 6.07) is 2.25. The molecule has 0 N–H and O–H groups in total. The van der Waals surface area contributed by atoms with Crippen LogP contribution in [0.15, 0.2) is 12.3 Å². The third-order valence-corrected chi connectivity index (χ3v) is 5.13. The van der Waals surface area contributed by atoms with Crippen molar-refractivity contribution < 1.29 is 14.3 Å². The number of ether oxygens (including phenoxy) is 2. The average Bonchev–Trinajstić information content (AvgIpc) is 2.94. The number of morpholine rings is 1. The molecular weight excluding hydrogens is 282 g/mol. The number of nitrogens with zero attached hydrogens (tertiary/aromatic N) is 3. The van der Waals surface area contributed by atoms with Gasteiger partial charge in [0.25, 0.3) is 5.91 Å². The molecule has 120 valence electrons. The van der Waals surface area contributed by atoms with Gasteiger partial charge in [0.2, 0.25) is 0 Å². The molecule has 1 amide bonds. The summed E-state index contributed by atoms with van der Waals surface area (Å²) in [5.41, 5.74) is 0.423. The zero-order valence-corrected chi connectivity index (χ0v) is 12.9. The second-order valence-electron chi connectivity index (χ2n) is 6.66. The maximum atomic E-state index is 12.9. The Morgan fingerprint density at radius 2 is 2.23 bits per heavy atom. The highest BCUT2D eigenvalue weighted by Gasteiger charge is 2.41. The monoisotopic (exact) mass is 305 g/mol. The van der Waals surface area contributed by atoms with Gasteiger partial charge >= 0.3 is 0 Å². The third kappa shape index (κ3) is 2.44. The van der Waals surface area contributed by atoms with Gasteiger partial charge in [0.05, 0.1) is 25.8 Å². The molecule has 3 aliphatic rings. The first kappa shape index (κ1) is 14.2. The number of hydrogen-bond acceptors (Lipinski definition) is 4. The van der Waals surface area contributed by atoms with Gasteiger partial charge in [-0.25, -0.2) is 0 Å². The van der Waals surface area contributed by atoms with Crippen molar-refractivity contribution in [3.8, 4) is 0 Å². The lowest BCUT2D eigenvalue weighted by molar-refractivity contribution is -0.160. The summed E-state index contributed by atoms with van der Waals surface area (Å²) < 4.78 is 13.5. The number of hydrogen-bond donors (Lipinski definition) is 0. The Morgan fingerprint density at radius 3 is 2.95 bits per heavy atom. The van der Waals surface area contributed by atoms with Crippen LogP contribution < -0.4 is 0 Å². The molecule has 1 spiro atoms. The Kier molecular flexibility index (Phi) is 3.66. The van der Waals surface area contributed by atoms with Gasteiger partial charge in [-0.2, -0.15) is 5.10 Å².